The molecule has 0 aliphatic rings. The second-order valence-electron chi connectivity index (χ2n) is 7.02. The summed E-state index contributed by atoms with van der Waals surface area (Å²) >= 11 is 1.35. The van der Waals surface area contributed by atoms with Crippen molar-refractivity contribution in [3.05, 3.63) is 10.6 Å². The standard InChI is InChI=1S/C17H32N2OS/c1-5-6-7-8-9-10-11-12-13-14(20)15-16(17(2,3)4)18-19-21-15/h14,20H,5-13H2,1-4H3. The molecule has 1 atom stereocenters. The first-order valence-corrected chi connectivity index (χ1v) is 9.25. The number of unbranched alkanes of at least 4 members (excludes halogenated alkanes) is 7. The fourth-order valence-electron chi connectivity index (χ4n) is 2.54. The molecule has 122 valence electrons. The van der Waals surface area contributed by atoms with Gasteiger partial charge in [0.1, 0.15) is 0 Å². The molecular weight excluding hydrogens is 280 g/mol. The molecule has 0 aliphatic carbocycles. The van der Waals surface area contributed by atoms with Crippen LogP contribution in [0.15, 0.2) is 0 Å². The minimum Gasteiger partial charge on any atom is -0.387 e. The van der Waals surface area contributed by atoms with Gasteiger partial charge in [-0.1, -0.05) is 83.5 Å². The van der Waals surface area contributed by atoms with Crippen LogP contribution in [0.4, 0.5) is 0 Å². The molecule has 0 aliphatic heterocycles. The Morgan fingerprint density at radius 1 is 1.00 bits per heavy atom. The van der Waals surface area contributed by atoms with E-state index in [1.54, 1.807) is 0 Å². The lowest BCUT2D eigenvalue weighted by atomic mass is 9.90. The number of nitrogens with zero attached hydrogens (tertiary/aromatic N) is 2. The van der Waals surface area contributed by atoms with Gasteiger partial charge in [-0.2, -0.15) is 0 Å². The van der Waals surface area contributed by atoms with Crippen LogP contribution >= 0.6 is 11.5 Å². The summed E-state index contributed by atoms with van der Waals surface area (Å²) in [5.41, 5.74) is 0.919. The molecule has 21 heavy (non-hydrogen) atoms. The maximum absolute atomic E-state index is 10.4. The predicted molar refractivity (Wildman–Crippen MR) is 90.8 cm³/mol. The molecular formula is C17H32N2OS. The van der Waals surface area contributed by atoms with Crippen LogP contribution in [0.2, 0.25) is 0 Å². The zero-order valence-corrected chi connectivity index (χ0v) is 15.0. The number of aliphatic hydroxyl groups excluding tert-OH is 1. The third-order valence-corrected chi connectivity index (χ3v) is 4.68. The van der Waals surface area contributed by atoms with Crippen molar-refractivity contribution in [2.45, 2.75) is 97.0 Å². The topological polar surface area (TPSA) is 46.0 Å². The van der Waals surface area contributed by atoms with E-state index in [0.717, 1.165) is 23.4 Å². The van der Waals surface area contributed by atoms with Gasteiger partial charge in [-0.3, -0.25) is 0 Å². The maximum Gasteiger partial charge on any atom is 0.0917 e. The highest BCUT2D eigenvalue weighted by atomic mass is 32.1. The van der Waals surface area contributed by atoms with Crippen LogP contribution in [-0.4, -0.2) is 14.7 Å². The number of aliphatic hydroxyl groups is 1. The molecule has 0 amide bonds. The van der Waals surface area contributed by atoms with E-state index in [9.17, 15) is 5.11 Å². The van der Waals surface area contributed by atoms with E-state index in [4.69, 9.17) is 0 Å². The van der Waals surface area contributed by atoms with Crippen molar-refractivity contribution in [2.24, 2.45) is 0 Å². The third kappa shape index (κ3) is 6.88. The Kier molecular flexibility index (Phi) is 8.42. The van der Waals surface area contributed by atoms with E-state index in [1.807, 2.05) is 0 Å². The molecule has 0 saturated carbocycles. The van der Waals surface area contributed by atoms with E-state index < -0.39 is 0 Å². The number of aromatic nitrogens is 2. The summed E-state index contributed by atoms with van der Waals surface area (Å²) in [6.45, 7) is 8.62. The zero-order valence-electron chi connectivity index (χ0n) is 14.2. The lowest BCUT2D eigenvalue weighted by molar-refractivity contribution is 0.164. The smallest absolute Gasteiger partial charge is 0.0917 e. The first kappa shape index (κ1) is 18.6. The fraction of sp³-hybridized carbons (Fsp3) is 0.882. The van der Waals surface area contributed by atoms with Gasteiger partial charge in [-0.25, -0.2) is 0 Å². The van der Waals surface area contributed by atoms with Gasteiger partial charge >= 0.3 is 0 Å². The van der Waals surface area contributed by atoms with Crippen LogP contribution in [0, 0.1) is 0 Å². The van der Waals surface area contributed by atoms with Gasteiger partial charge in [-0.05, 0) is 18.0 Å². The Balaban J connectivity index is 2.23. The van der Waals surface area contributed by atoms with Crippen LogP contribution in [-0.2, 0) is 5.41 Å². The van der Waals surface area contributed by atoms with E-state index in [2.05, 4.69) is 37.3 Å². The van der Waals surface area contributed by atoms with Crippen molar-refractivity contribution < 1.29 is 5.11 Å². The van der Waals surface area contributed by atoms with Gasteiger partial charge < -0.3 is 5.11 Å². The maximum atomic E-state index is 10.4. The fourth-order valence-corrected chi connectivity index (χ4v) is 3.42. The molecule has 4 heteroatoms. The molecule has 0 spiro atoms. The van der Waals surface area contributed by atoms with Gasteiger partial charge in [-0.15, -0.1) is 5.10 Å². The minimum atomic E-state index is -0.390. The van der Waals surface area contributed by atoms with Gasteiger partial charge in [0, 0.05) is 5.41 Å². The summed E-state index contributed by atoms with van der Waals surface area (Å²) in [5.74, 6) is 0. The summed E-state index contributed by atoms with van der Waals surface area (Å²) in [4.78, 5) is 0.963. The summed E-state index contributed by atoms with van der Waals surface area (Å²) in [6, 6.07) is 0. The minimum absolute atomic E-state index is 0.0391. The van der Waals surface area contributed by atoms with Crippen molar-refractivity contribution in [1.29, 1.82) is 0 Å². The highest BCUT2D eigenvalue weighted by Crippen LogP contribution is 2.32. The second-order valence-corrected chi connectivity index (χ2v) is 7.80. The number of hydrogen-bond acceptors (Lipinski definition) is 4. The summed E-state index contributed by atoms with van der Waals surface area (Å²) in [5, 5.41) is 14.6. The first-order valence-electron chi connectivity index (χ1n) is 8.47. The van der Waals surface area contributed by atoms with Crippen molar-refractivity contribution in [3.63, 3.8) is 0 Å². The van der Waals surface area contributed by atoms with E-state index in [-0.39, 0.29) is 11.5 Å². The molecule has 0 aromatic carbocycles. The van der Waals surface area contributed by atoms with Crippen LogP contribution in [0.5, 0.6) is 0 Å². The van der Waals surface area contributed by atoms with E-state index >= 15 is 0 Å². The quantitative estimate of drug-likeness (QED) is 0.588. The predicted octanol–water partition coefficient (Wildman–Crippen LogP) is 5.40. The molecule has 0 bridgehead atoms. The third-order valence-electron chi connectivity index (χ3n) is 3.86. The molecule has 1 heterocycles. The van der Waals surface area contributed by atoms with Gasteiger partial charge in [0.15, 0.2) is 0 Å². The summed E-state index contributed by atoms with van der Waals surface area (Å²) in [7, 11) is 0. The molecule has 1 aromatic rings. The average Bonchev–Trinajstić information content (AvgIpc) is 2.91. The highest BCUT2D eigenvalue weighted by molar-refractivity contribution is 7.05. The van der Waals surface area contributed by atoms with E-state index in [1.165, 1.54) is 56.5 Å². The number of rotatable bonds is 10. The lowest BCUT2D eigenvalue weighted by Gasteiger charge is -2.18. The van der Waals surface area contributed by atoms with Crippen molar-refractivity contribution in [1.82, 2.24) is 9.59 Å². The first-order chi connectivity index (χ1) is 9.96. The highest BCUT2D eigenvalue weighted by Gasteiger charge is 2.25. The summed E-state index contributed by atoms with van der Waals surface area (Å²) in [6.07, 6.45) is 10.8. The van der Waals surface area contributed by atoms with Crippen molar-refractivity contribution >= 4 is 11.5 Å². The Morgan fingerprint density at radius 2 is 1.57 bits per heavy atom. The molecule has 0 saturated heterocycles. The SMILES string of the molecule is CCCCCCCCCCC(O)c1snnc1C(C)(C)C. The van der Waals surface area contributed by atoms with Gasteiger partial charge in [0.25, 0.3) is 0 Å². The van der Waals surface area contributed by atoms with Crippen LogP contribution < -0.4 is 0 Å². The molecule has 1 aromatic heterocycles. The molecule has 1 rings (SSSR count). The van der Waals surface area contributed by atoms with Crippen LogP contribution in [0.1, 0.15) is 102 Å². The van der Waals surface area contributed by atoms with Gasteiger partial charge in [0.2, 0.25) is 0 Å². The molecule has 3 nitrogen and oxygen atoms in total. The van der Waals surface area contributed by atoms with Crippen LogP contribution in [0.3, 0.4) is 0 Å². The molecule has 1 N–H and O–H groups in total. The zero-order chi connectivity index (χ0) is 15.7. The molecule has 0 fully saturated rings. The monoisotopic (exact) mass is 312 g/mol. The Bertz CT molecular complexity index is 384. The van der Waals surface area contributed by atoms with Crippen LogP contribution in [0.25, 0.3) is 0 Å². The average molecular weight is 313 g/mol. The molecule has 0 radical (unpaired) electrons. The number of hydrogen-bond donors (Lipinski definition) is 1. The Labute approximate surface area is 134 Å². The van der Waals surface area contributed by atoms with E-state index in [0.29, 0.717) is 0 Å². The van der Waals surface area contributed by atoms with Crippen molar-refractivity contribution in [3.8, 4) is 0 Å². The molecule has 1 unspecified atom stereocenters. The second kappa shape index (κ2) is 9.52. The van der Waals surface area contributed by atoms with Gasteiger partial charge in [0.05, 0.1) is 16.7 Å². The largest absolute Gasteiger partial charge is 0.387 e. The Morgan fingerprint density at radius 3 is 2.14 bits per heavy atom. The lowest BCUT2D eigenvalue weighted by Crippen LogP contribution is -2.15. The summed E-state index contributed by atoms with van der Waals surface area (Å²) < 4.78 is 4.03. The van der Waals surface area contributed by atoms with Crippen molar-refractivity contribution in [2.75, 3.05) is 0 Å². The normalized spacial score (nSPS) is 13.6. The Hall–Kier alpha value is -0.480.